The summed E-state index contributed by atoms with van der Waals surface area (Å²) in [5.41, 5.74) is 1.35. The number of halogens is 1. The van der Waals surface area contributed by atoms with Crippen LogP contribution in [0, 0.1) is 6.92 Å². The van der Waals surface area contributed by atoms with Gasteiger partial charge in [-0.3, -0.25) is 5.32 Å². The van der Waals surface area contributed by atoms with Gasteiger partial charge < -0.3 is 10.1 Å². The van der Waals surface area contributed by atoms with Gasteiger partial charge >= 0.3 is 5.97 Å². The molecule has 0 aliphatic heterocycles. The summed E-state index contributed by atoms with van der Waals surface area (Å²) in [5.74, 6) is 0.203. The standard InChI is InChI=1S/C18H19ClN6O4S2/c1-3-29-16(26)15-10(2)22-18(30-15)25-17-23-13(19)8-14(24-17)21-9-11-4-6-12(7-5-11)31(20,27)28/h4-8H,3,9H2,1-2H3,(H2,20,27,28)(H2,21,22,23,24,25). The number of carbonyl (C=O) groups excluding carboxylic acids is 1. The Morgan fingerprint density at radius 1 is 1.23 bits per heavy atom. The van der Waals surface area contributed by atoms with Crippen molar-refractivity contribution in [3.63, 3.8) is 0 Å². The first-order chi connectivity index (χ1) is 14.7. The number of hydrogen-bond acceptors (Lipinski definition) is 10. The van der Waals surface area contributed by atoms with E-state index in [1.807, 2.05) is 0 Å². The molecule has 10 nitrogen and oxygen atoms in total. The number of aryl methyl sites for hydroxylation is 1. The normalized spacial score (nSPS) is 11.2. The number of hydrogen-bond donors (Lipinski definition) is 3. The van der Waals surface area contributed by atoms with Crippen molar-refractivity contribution >= 4 is 55.8 Å². The Bertz CT molecular complexity index is 1200. The van der Waals surface area contributed by atoms with Crippen LogP contribution in [0.1, 0.15) is 27.9 Å². The van der Waals surface area contributed by atoms with Crippen LogP contribution in [-0.4, -0.2) is 35.9 Å². The molecular weight excluding hydrogens is 464 g/mol. The first-order valence-electron chi connectivity index (χ1n) is 8.97. The quantitative estimate of drug-likeness (QED) is 0.325. The summed E-state index contributed by atoms with van der Waals surface area (Å²) in [6, 6.07) is 7.69. The third-order valence-corrected chi connectivity index (χ3v) is 6.07. The molecule has 2 aromatic heterocycles. The molecule has 4 N–H and O–H groups in total. The molecule has 0 amide bonds. The molecule has 0 atom stereocenters. The summed E-state index contributed by atoms with van der Waals surface area (Å²) in [7, 11) is -3.74. The van der Waals surface area contributed by atoms with E-state index in [0.717, 1.165) is 16.9 Å². The van der Waals surface area contributed by atoms with Crippen LogP contribution < -0.4 is 15.8 Å². The van der Waals surface area contributed by atoms with E-state index < -0.39 is 16.0 Å². The molecule has 0 saturated carbocycles. The van der Waals surface area contributed by atoms with Gasteiger partial charge in [0.2, 0.25) is 16.0 Å². The molecule has 2 heterocycles. The molecule has 1 aromatic carbocycles. The zero-order chi connectivity index (χ0) is 22.6. The van der Waals surface area contributed by atoms with E-state index in [-0.39, 0.29) is 22.6 Å². The van der Waals surface area contributed by atoms with Crippen molar-refractivity contribution in [1.29, 1.82) is 0 Å². The molecule has 0 aliphatic rings. The van der Waals surface area contributed by atoms with Crippen LogP contribution in [-0.2, 0) is 21.3 Å². The second kappa shape index (κ2) is 9.56. The number of aromatic nitrogens is 3. The minimum Gasteiger partial charge on any atom is -0.462 e. The van der Waals surface area contributed by atoms with E-state index in [1.165, 1.54) is 12.1 Å². The fourth-order valence-electron chi connectivity index (χ4n) is 2.49. The number of anilines is 3. The van der Waals surface area contributed by atoms with Crippen LogP contribution in [0.3, 0.4) is 0 Å². The maximum Gasteiger partial charge on any atom is 0.350 e. The number of esters is 1. The molecule has 0 fully saturated rings. The summed E-state index contributed by atoms with van der Waals surface area (Å²) in [5, 5.41) is 11.7. The monoisotopic (exact) mass is 482 g/mol. The Morgan fingerprint density at radius 2 is 1.94 bits per heavy atom. The summed E-state index contributed by atoms with van der Waals surface area (Å²) in [6.07, 6.45) is 0. The number of ether oxygens (including phenoxy) is 1. The zero-order valence-electron chi connectivity index (χ0n) is 16.5. The Balaban J connectivity index is 1.71. The van der Waals surface area contributed by atoms with E-state index in [4.69, 9.17) is 21.5 Å². The average molecular weight is 483 g/mol. The van der Waals surface area contributed by atoms with Crippen LogP contribution in [0.15, 0.2) is 35.2 Å². The largest absolute Gasteiger partial charge is 0.462 e. The number of carbonyl (C=O) groups is 1. The van der Waals surface area contributed by atoms with Crippen molar-refractivity contribution in [2.75, 3.05) is 17.2 Å². The number of thiazole rings is 1. The highest BCUT2D eigenvalue weighted by Crippen LogP contribution is 2.26. The SMILES string of the molecule is CCOC(=O)c1sc(Nc2nc(Cl)cc(NCc3ccc(S(N)(=O)=O)cc3)n2)nc1C. The molecule has 0 bridgehead atoms. The maximum atomic E-state index is 12.0. The second-order valence-electron chi connectivity index (χ2n) is 6.22. The Morgan fingerprint density at radius 3 is 2.58 bits per heavy atom. The Hall–Kier alpha value is -2.80. The highest BCUT2D eigenvalue weighted by Gasteiger charge is 2.17. The van der Waals surface area contributed by atoms with E-state index >= 15 is 0 Å². The van der Waals surface area contributed by atoms with Crippen molar-refractivity contribution in [2.45, 2.75) is 25.3 Å². The predicted molar refractivity (Wildman–Crippen MR) is 118 cm³/mol. The number of primary sulfonamides is 1. The number of rotatable bonds is 8. The Labute approximate surface area is 187 Å². The van der Waals surface area contributed by atoms with E-state index in [2.05, 4.69) is 25.6 Å². The van der Waals surface area contributed by atoms with Gasteiger partial charge in [-0.2, -0.15) is 4.98 Å². The number of nitrogens with zero attached hydrogens (tertiary/aromatic N) is 3. The number of sulfonamides is 1. The van der Waals surface area contributed by atoms with Crippen molar-refractivity contribution < 1.29 is 17.9 Å². The third kappa shape index (κ3) is 6.10. The lowest BCUT2D eigenvalue weighted by atomic mass is 10.2. The molecule has 0 saturated heterocycles. The van der Waals surface area contributed by atoms with Gasteiger partial charge in [-0.15, -0.1) is 0 Å². The average Bonchev–Trinajstić information content (AvgIpc) is 3.06. The summed E-state index contributed by atoms with van der Waals surface area (Å²) in [6.45, 7) is 4.08. The molecule has 0 spiro atoms. The zero-order valence-corrected chi connectivity index (χ0v) is 18.9. The second-order valence-corrected chi connectivity index (χ2v) is 9.17. The van der Waals surface area contributed by atoms with E-state index in [9.17, 15) is 13.2 Å². The van der Waals surface area contributed by atoms with E-state index in [1.54, 1.807) is 32.0 Å². The molecular formula is C18H19ClN6O4S2. The summed E-state index contributed by atoms with van der Waals surface area (Å²) >= 11 is 7.22. The van der Waals surface area contributed by atoms with Crippen molar-refractivity contribution in [3.05, 3.63) is 51.6 Å². The van der Waals surface area contributed by atoms with Gasteiger partial charge in [0.15, 0.2) is 5.13 Å². The van der Waals surface area contributed by atoms with Gasteiger partial charge in [-0.05, 0) is 31.5 Å². The lowest BCUT2D eigenvalue weighted by molar-refractivity contribution is 0.0531. The first-order valence-corrected chi connectivity index (χ1v) is 11.7. The summed E-state index contributed by atoms with van der Waals surface area (Å²) in [4.78, 5) is 25.1. The smallest absolute Gasteiger partial charge is 0.350 e. The maximum absolute atomic E-state index is 12.0. The predicted octanol–water partition coefficient (Wildman–Crippen LogP) is 3.07. The molecule has 164 valence electrons. The van der Waals surface area contributed by atoms with Gasteiger partial charge in [0.05, 0.1) is 17.2 Å². The molecule has 0 unspecified atom stereocenters. The van der Waals surface area contributed by atoms with E-state index in [0.29, 0.717) is 28.1 Å². The topological polar surface area (TPSA) is 149 Å². The number of benzene rings is 1. The van der Waals surface area contributed by atoms with Crippen molar-refractivity contribution in [3.8, 4) is 0 Å². The number of nitrogens with one attached hydrogen (secondary N) is 2. The van der Waals surface area contributed by atoms with Gasteiger partial charge in [0.25, 0.3) is 0 Å². The lowest BCUT2D eigenvalue weighted by Gasteiger charge is -2.09. The lowest BCUT2D eigenvalue weighted by Crippen LogP contribution is -2.12. The van der Waals surface area contributed by atoms with Crippen LogP contribution in [0.4, 0.5) is 16.9 Å². The van der Waals surface area contributed by atoms with Crippen LogP contribution in [0.2, 0.25) is 5.15 Å². The molecule has 31 heavy (non-hydrogen) atoms. The van der Waals surface area contributed by atoms with Crippen molar-refractivity contribution in [1.82, 2.24) is 15.0 Å². The van der Waals surface area contributed by atoms with Crippen LogP contribution in [0.5, 0.6) is 0 Å². The van der Waals surface area contributed by atoms with Crippen LogP contribution in [0.25, 0.3) is 0 Å². The Kier molecular flexibility index (Phi) is 7.05. The third-order valence-electron chi connectivity index (χ3n) is 3.90. The summed E-state index contributed by atoms with van der Waals surface area (Å²) < 4.78 is 27.7. The molecule has 0 aliphatic carbocycles. The van der Waals surface area contributed by atoms with Gasteiger partial charge in [-0.25, -0.2) is 28.3 Å². The highest BCUT2D eigenvalue weighted by atomic mass is 35.5. The molecule has 13 heteroatoms. The fraction of sp³-hybridized carbons (Fsp3) is 0.222. The molecule has 3 rings (SSSR count). The van der Waals surface area contributed by atoms with Gasteiger partial charge in [-0.1, -0.05) is 35.1 Å². The van der Waals surface area contributed by atoms with Gasteiger partial charge in [0, 0.05) is 12.6 Å². The molecule has 0 radical (unpaired) electrons. The highest BCUT2D eigenvalue weighted by molar-refractivity contribution is 7.89. The van der Waals surface area contributed by atoms with Crippen LogP contribution >= 0.6 is 22.9 Å². The minimum atomic E-state index is -3.74. The molecule has 3 aromatic rings. The van der Waals surface area contributed by atoms with Gasteiger partial charge in [0.1, 0.15) is 15.8 Å². The fourth-order valence-corrected chi connectivity index (χ4v) is 4.04. The first kappa shape index (κ1) is 22.9. The number of nitrogens with two attached hydrogens (primary N) is 1. The van der Waals surface area contributed by atoms with Crippen molar-refractivity contribution in [2.24, 2.45) is 5.14 Å². The minimum absolute atomic E-state index is 0.0359.